The highest BCUT2D eigenvalue weighted by atomic mass is 35.5. The first-order chi connectivity index (χ1) is 9.62. The van der Waals surface area contributed by atoms with Crippen molar-refractivity contribution in [3.8, 4) is 0 Å². The summed E-state index contributed by atoms with van der Waals surface area (Å²) in [6.07, 6.45) is 3.35. The molecule has 1 amide bonds. The highest BCUT2D eigenvalue weighted by molar-refractivity contribution is 6.31. The van der Waals surface area contributed by atoms with E-state index in [0.717, 1.165) is 42.9 Å². The van der Waals surface area contributed by atoms with Crippen LogP contribution in [-0.2, 0) is 11.3 Å². The van der Waals surface area contributed by atoms with Crippen LogP contribution in [0.5, 0.6) is 0 Å². The first kappa shape index (κ1) is 16.6. The number of nitrogens with zero attached hydrogens (tertiary/aromatic N) is 1. The number of carbonyl (C=O) groups is 1. The van der Waals surface area contributed by atoms with E-state index < -0.39 is 0 Å². The lowest BCUT2D eigenvalue weighted by Crippen LogP contribution is -2.34. The Balaban J connectivity index is 0.00000161. The fourth-order valence-electron chi connectivity index (χ4n) is 3.40. The van der Waals surface area contributed by atoms with Crippen LogP contribution < -0.4 is 5.32 Å². The molecule has 1 heterocycles. The van der Waals surface area contributed by atoms with E-state index in [1.54, 1.807) is 0 Å². The summed E-state index contributed by atoms with van der Waals surface area (Å²) >= 11 is 6.16. The minimum Gasteiger partial charge on any atom is -0.341 e. The molecule has 116 valence electrons. The molecule has 1 aromatic rings. The fraction of sp³-hybridized carbons (Fsp3) is 0.562. The molecule has 1 N–H and O–H groups in total. The van der Waals surface area contributed by atoms with Gasteiger partial charge in [-0.3, -0.25) is 4.79 Å². The minimum atomic E-state index is 0. The fourth-order valence-corrected chi connectivity index (χ4v) is 3.60. The van der Waals surface area contributed by atoms with Gasteiger partial charge in [0.2, 0.25) is 5.91 Å². The zero-order valence-electron chi connectivity index (χ0n) is 12.3. The largest absolute Gasteiger partial charge is 0.341 e. The Bertz CT molecular complexity index is 515. The van der Waals surface area contributed by atoms with Crippen molar-refractivity contribution in [2.45, 2.75) is 25.8 Å². The van der Waals surface area contributed by atoms with Gasteiger partial charge in [0.05, 0.1) is 0 Å². The standard InChI is InChI=1S/C16H21ClN2O.ClH/c1-19(11-12-4-2-3-5-14(12)17)15(20)13-10-16(13)6-8-18-9-7-16;/h2-5,13,18H,6-11H2,1H3;1H. The van der Waals surface area contributed by atoms with Crippen molar-refractivity contribution >= 4 is 29.9 Å². The molecule has 3 rings (SSSR count). The van der Waals surface area contributed by atoms with Crippen LogP contribution in [0.4, 0.5) is 0 Å². The molecule has 5 heteroatoms. The first-order valence-corrected chi connectivity index (χ1v) is 7.69. The van der Waals surface area contributed by atoms with Crippen molar-refractivity contribution < 1.29 is 4.79 Å². The highest BCUT2D eigenvalue weighted by Gasteiger charge is 2.58. The molecule has 1 aliphatic carbocycles. The van der Waals surface area contributed by atoms with Crippen LogP contribution in [0.2, 0.25) is 5.02 Å². The van der Waals surface area contributed by atoms with Gasteiger partial charge in [-0.25, -0.2) is 0 Å². The van der Waals surface area contributed by atoms with Gasteiger partial charge >= 0.3 is 0 Å². The average molecular weight is 329 g/mol. The molecule has 1 atom stereocenters. The Morgan fingerprint density at radius 3 is 2.71 bits per heavy atom. The molecular formula is C16H22Cl2N2O. The lowest BCUT2D eigenvalue weighted by atomic mass is 9.91. The Kier molecular flexibility index (Phi) is 5.18. The summed E-state index contributed by atoms with van der Waals surface area (Å²) in [6.45, 7) is 2.71. The van der Waals surface area contributed by atoms with Crippen LogP contribution in [0.15, 0.2) is 24.3 Å². The smallest absolute Gasteiger partial charge is 0.226 e. The molecule has 1 saturated heterocycles. The molecule has 3 nitrogen and oxygen atoms in total. The number of rotatable bonds is 3. The van der Waals surface area contributed by atoms with Crippen LogP contribution in [0.25, 0.3) is 0 Å². The van der Waals surface area contributed by atoms with Crippen LogP contribution in [0.3, 0.4) is 0 Å². The van der Waals surface area contributed by atoms with E-state index in [0.29, 0.717) is 12.0 Å². The van der Waals surface area contributed by atoms with Crippen molar-refractivity contribution in [1.29, 1.82) is 0 Å². The number of hydrogen-bond acceptors (Lipinski definition) is 2. The number of halogens is 2. The van der Waals surface area contributed by atoms with Gasteiger partial charge in [0.15, 0.2) is 0 Å². The average Bonchev–Trinajstić information content (AvgIpc) is 3.14. The second kappa shape index (κ2) is 6.55. The summed E-state index contributed by atoms with van der Waals surface area (Å²) in [7, 11) is 1.89. The van der Waals surface area contributed by atoms with Gasteiger partial charge in [-0.05, 0) is 49.4 Å². The maximum Gasteiger partial charge on any atom is 0.226 e. The monoisotopic (exact) mass is 328 g/mol. The van der Waals surface area contributed by atoms with Crippen LogP contribution in [0.1, 0.15) is 24.8 Å². The van der Waals surface area contributed by atoms with Crippen molar-refractivity contribution in [1.82, 2.24) is 10.2 Å². The van der Waals surface area contributed by atoms with E-state index in [4.69, 9.17) is 11.6 Å². The van der Waals surface area contributed by atoms with Crippen molar-refractivity contribution in [3.05, 3.63) is 34.9 Å². The molecule has 2 fully saturated rings. The summed E-state index contributed by atoms with van der Waals surface area (Å²) in [5, 5.41) is 4.11. The van der Waals surface area contributed by atoms with Gasteiger partial charge in [0.25, 0.3) is 0 Å². The molecule has 0 bridgehead atoms. The molecule has 1 aromatic carbocycles. The second-order valence-electron chi connectivity index (χ2n) is 6.15. The lowest BCUT2D eigenvalue weighted by molar-refractivity contribution is -0.132. The number of hydrogen-bond donors (Lipinski definition) is 1. The SMILES string of the molecule is CN(Cc1ccccc1Cl)C(=O)C1CC12CCNCC2.Cl. The highest BCUT2D eigenvalue weighted by Crippen LogP contribution is 2.59. The lowest BCUT2D eigenvalue weighted by Gasteiger charge is -2.25. The quantitative estimate of drug-likeness (QED) is 0.924. The molecule has 21 heavy (non-hydrogen) atoms. The van der Waals surface area contributed by atoms with Crippen LogP contribution in [0, 0.1) is 11.3 Å². The molecule has 1 unspecified atom stereocenters. The van der Waals surface area contributed by atoms with E-state index in [2.05, 4.69) is 5.32 Å². The maximum atomic E-state index is 12.6. The normalized spacial score (nSPS) is 22.5. The van der Waals surface area contributed by atoms with Gasteiger partial charge in [-0.1, -0.05) is 29.8 Å². The number of piperidine rings is 1. The summed E-state index contributed by atoms with van der Waals surface area (Å²) in [6, 6.07) is 7.74. The predicted octanol–water partition coefficient (Wildman–Crippen LogP) is 3.11. The molecule has 1 saturated carbocycles. The molecule has 2 aliphatic rings. The van der Waals surface area contributed by atoms with Gasteiger partial charge < -0.3 is 10.2 Å². The predicted molar refractivity (Wildman–Crippen MR) is 87.8 cm³/mol. The molecular weight excluding hydrogens is 307 g/mol. The Hall–Kier alpha value is -0.770. The summed E-state index contributed by atoms with van der Waals surface area (Å²) in [4.78, 5) is 14.4. The Labute approximate surface area is 137 Å². The minimum absolute atomic E-state index is 0. The van der Waals surface area contributed by atoms with Gasteiger partial charge in [0, 0.05) is 24.5 Å². The third kappa shape index (κ3) is 3.36. The Morgan fingerprint density at radius 1 is 1.38 bits per heavy atom. The van der Waals surface area contributed by atoms with Crippen LogP contribution >= 0.6 is 24.0 Å². The molecule has 1 aliphatic heterocycles. The van der Waals surface area contributed by atoms with Crippen molar-refractivity contribution in [3.63, 3.8) is 0 Å². The zero-order valence-corrected chi connectivity index (χ0v) is 13.8. The van der Waals surface area contributed by atoms with Crippen LogP contribution in [-0.4, -0.2) is 30.9 Å². The maximum absolute atomic E-state index is 12.6. The molecule has 1 spiro atoms. The van der Waals surface area contributed by atoms with E-state index in [1.807, 2.05) is 36.2 Å². The summed E-state index contributed by atoms with van der Waals surface area (Å²) in [5.74, 6) is 0.518. The number of benzene rings is 1. The number of amides is 1. The third-order valence-corrected chi connectivity index (χ3v) is 5.20. The summed E-state index contributed by atoms with van der Waals surface area (Å²) in [5.41, 5.74) is 1.32. The first-order valence-electron chi connectivity index (χ1n) is 7.31. The molecule has 0 aromatic heterocycles. The van der Waals surface area contributed by atoms with Crippen molar-refractivity contribution in [2.75, 3.05) is 20.1 Å². The van der Waals surface area contributed by atoms with E-state index in [1.165, 1.54) is 0 Å². The van der Waals surface area contributed by atoms with E-state index >= 15 is 0 Å². The Morgan fingerprint density at radius 2 is 2.05 bits per heavy atom. The van der Waals surface area contributed by atoms with E-state index in [9.17, 15) is 4.79 Å². The van der Waals surface area contributed by atoms with Gasteiger partial charge in [-0.2, -0.15) is 0 Å². The number of carbonyl (C=O) groups excluding carboxylic acids is 1. The summed E-state index contributed by atoms with van der Waals surface area (Å²) < 4.78 is 0. The van der Waals surface area contributed by atoms with E-state index in [-0.39, 0.29) is 24.2 Å². The van der Waals surface area contributed by atoms with Gasteiger partial charge in [0.1, 0.15) is 0 Å². The number of nitrogens with one attached hydrogen (secondary N) is 1. The second-order valence-corrected chi connectivity index (χ2v) is 6.56. The van der Waals surface area contributed by atoms with Crippen molar-refractivity contribution in [2.24, 2.45) is 11.3 Å². The third-order valence-electron chi connectivity index (χ3n) is 4.83. The molecule has 0 radical (unpaired) electrons. The topological polar surface area (TPSA) is 32.3 Å². The zero-order chi connectivity index (χ0) is 14.2. The van der Waals surface area contributed by atoms with Gasteiger partial charge in [-0.15, -0.1) is 12.4 Å².